The number of hydrogen-bond donors (Lipinski definition) is 0. The average molecular weight is 374 g/mol. The number of alkyl halides is 3. The van der Waals surface area contributed by atoms with Crippen LogP contribution in [0.4, 0.5) is 13.2 Å². The van der Waals surface area contributed by atoms with Crippen molar-refractivity contribution >= 4 is 27.8 Å². The van der Waals surface area contributed by atoms with Crippen molar-refractivity contribution < 1.29 is 18.0 Å². The van der Waals surface area contributed by atoms with Gasteiger partial charge in [0, 0.05) is 12.6 Å². The number of aldehydes is 1. The maximum Gasteiger partial charge on any atom is 0.390 e. The van der Waals surface area contributed by atoms with Crippen LogP contribution in [0.2, 0.25) is 0 Å². The minimum absolute atomic E-state index is 0.133. The number of thiophene rings is 1. The van der Waals surface area contributed by atoms with Crippen molar-refractivity contribution in [1.29, 1.82) is 0 Å². The summed E-state index contributed by atoms with van der Waals surface area (Å²) in [6.45, 7) is 4.78. The predicted molar refractivity (Wildman–Crippen MR) is 88.6 cm³/mol. The summed E-state index contributed by atoms with van der Waals surface area (Å²) in [7, 11) is 0. The molecule has 1 saturated carbocycles. The van der Waals surface area contributed by atoms with Crippen molar-refractivity contribution in [3.8, 4) is 0 Å². The molecule has 0 amide bonds. The zero-order chi connectivity index (χ0) is 18.7. The second-order valence-electron chi connectivity index (χ2n) is 7.07. The van der Waals surface area contributed by atoms with Gasteiger partial charge in [0.05, 0.1) is 16.7 Å². The SMILES string of the molecule is Cc1c(C=O)sc2c1c(=O)n(C1CC1(C)C)c(=O)n2CCC(F)(F)F. The van der Waals surface area contributed by atoms with E-state index in [0.29, 0.717) is 18.3 Å². The van der Waals surface area contributed by atoms with Gasteiger partial charge in [-0.05, 0) is 24.3 Å². The van der Waals surface area contributed by atoms with Crippen LogP contribution in [0.25, 0.3) is 10.2 Å². The molecule has 0 aliphatic heterocycles. The Bertz CT molecular complexity index is 982. The van der Waals surface area contributed by atoms with Gasteiger partial charge in [0.25, 0.3) is 5.56 Å². The van der Waals surface area contributed by atoms with E-state index in [0.717, 1.165) is 20.5 Å². The summed E-state index contributed by atoms with van der Waals surface area (Å²) in [4.78, 5) is 37.2. The standard InChI is InChI=1S/C16H17F3N2O3S/c1-8-9(7-22)25-13-11(8)12(23)21(10-6-15(10,2)3)14(24)20(13)5-4-16(17,18)19/h7,10H,4-6H2,1-3H3. The lowest BCUT2D eigenvalue weighted by molar-refractivity contribution is -0.136. The molecule has 3 rings (SSSR count). The highest BCUT2D eigenvalue weighted by Gasteiger charge is 2.49. The van der Waals surface area contributed by atoms with Crippen molar-refractivity contribution in [2.24, 2.45) is 5.41 Å². The molecule has 0 radical (unpaired) electrons. The van der Waals surface area contributed by atoms with Gasteiger partial charge in [-0.3, -0.25) is 18.7 Å². The van der Waals surface area contributed by atoms with E-state index in [4.69, 9.17) is 0 Å². The minimum atomic E-state index is -4.43. The second kappa shape index (κ2) is 5.55. The van der Waals surface area contributed by atoms with Gasteiger partial charge in [-0.1, -0.05) is 13.8 Å². The molecule has 2 aromatic heterocycles. The number of aryl methyl sites for hydroxylation is 2. The van der Waals surface area contributed by atoms with E-state index in [2.05, 4.69) is 0 Å². The Kier molecular flexibility index (Phi) is 3.98. The molecule has 0 bridgehead atoms. The lowest BCUT2D eigenvalue weighted by atomic mass is 10.2. The highest BCUT2D eigenvalue weighted by Crippen LogP contribution is 2.54. The van der Waals surface area contributed by atoms with Crippen LogP contribution in [-0.4, -0.2) is 21.6 Å². The molecular weight excluding hydrogens is 357 g/mol. The Hall–Kier alpha value is -1.90. The van der Waals surface area contributed by atoms with Crippen molar-refractivity contribution in [2.75, 3.05) is 0 Å². The average Bonchev–Trinajstić information content (AvgIpc) is 2.96. The van der Waals surface area contributed by atoms with Crippen LogP contribution in [0.3, 0.4) is 0 Å². The molecule has 25 heavy (non-hydrogen) atoms. The van der Waals surface area contributed by atoms with E-state index in [-0.39, 0.29) is 26.6 Å². The Balaban J connectivity index is 2.30. The molecule has 0 spiro atoms. The molecule has 1 fully saturated rings. The van der Waals surface area contributed by atoms with Crippen molar-refractivity contribution in [1.82, 2.24) is 9.13 Å². The Morgan fingerprint density at radius 1 is 1.32 bits per heavy atom. The van der Waals surface area contributed by atoms with E-state index in [1.807, 2.05) is 13.8 Å². The second-order valence-corrected chi connectivity index (χ2v) is 8.10. The monoisotopic (exact) mass is 374 g/mol. The fourth-order valence-electron chi connectivity index (χ4n) is 3.08. The first-order valence-electron chi connectivity index (χ1n) is 7.78. The summed E-state index contributed by atoms with van der Waals surface area (Å²) >= 11 is 0.884. The lowest BCUT2D eigenvalue weighted by Gasteiger charge is -2.14. The molecule has 2 aromatic rings. The minimum Gasteiger partial charge on any atom is -0.297 e. The molecule has 1 aliphatic carbocycles. The van der Waals surface area contributed by atoms with E-state index in [1.165, 1.54) is 0 Å². The number of rotatable bonds is 4. The summed E-state index contributed by atoms with van der Waals surface area (Å²) in [5.74, 6) is 0. The molecule has 1 unspecified atom stereocenters. The third-order valence-electron chi connectivity index (χ3n) is 4.78. The summed E-state index contributed by atoms with van der Waals surface area (Å²) in [5, 5.41) is 0.163. The first kappa shape index (κ1) is 17.9. The largest absolute Gasteiger partial charge is 0.390 e. The molecule has 2 heterocycles. The van der Waals surface area contributed by atoms with Gasteiger partial charge in [-0.15, -0.1) is 11.3 Å². The predicted octanol–water partition coefficient (Wildman–Crippen LogP) is 3.27. The normalized spacial score (nSPS) is 19.4. The van der Waals surface area contributed by atoms with Crippen LogP contribution in [0, 0.1) is 12.3 Å². The van der Waals surface area contributed by atoms with Crippen molar-refractivity contribution in [2.45, 2.75) is 52.4 Å². The number of aromatic nitrogens is 2. The van der Waals surface area contributed by atoms with Crippen molar-refractivity contribution in [3.63, 3.8) is 0 Å². The number of fused-ring (bicyclic) bond motifs is 1. The lowest BCUT2D eigenvalue weighted by Crippen LogP contribution is -2.40. The van der Waals surface area contributed by atoms with Gasteiger partial charge < -0.3 is 0 Å². The quantitative estimate of drug-likeness (QED) is 0.772. The number of carbonyl (C=O) groups excluding carboxylic acids is 1. The molecule has 0 aromatic carbocycles. The number of carbonyl (C=O) groups is 1. The summed E-state index contributed by atoms with van der Waals surface area (Å²) in [6.07, 6.45) is -4.44. The molecule has 0 N–H and O–H groups in total. The fraction of sp³-hybridized carbons (Fsp3) is 0.562. The van der Waals surface area contributed by atoms with Gasteiger partial charge in [-0.25, -0.2) is 4.79 Å². The highest BCUT2D eigenvalue weighted by atomic mass is 32.1. The van der Waals surface area contributed by atoms with Crippen LogP contribution in [0.15, 0.2) is 9.59 Å². The van der Waals surface area contributed by atoms with Crippen LogP contribution >= 0.6 is 11.3 Å². The maximum atomic E-state index is 12.8. The molecule has 136 valence electrons. The molecule has 1 aliphatic rings. The first-order chi connectivity index (χ1) is 11.5. The van der Waals surface area contributed by atoms with Crippen LogP contribution < -0.4 is 11.2 Å². The third-order valence-corrected chi connectivity index (χ3v) is 6.02. The molecule has 0 saturated heterocycles. The van der Waals surface area contributed by atoms with E-state index in [1.54, 1.807) is 6.92 Å². The summed E-state index contributed by atoms with van der Waals surface area (Å²) < 4.78 is 40.0. The number of nitrogens with zero attached hydrogens (tertiary/aromatic N) is 2. The van der Waals surface area contributed by atoms with Crippen LogP contribution in [0.1, 0.15) is 48.0 Å². The molecule has 9 heteroatoms. The molecule has 1 atom stereocenters. The first-order valence-corrected chi connectivity index (χ1v) is 8.60. The number of hydrogen-bond acceptors (Lipinski definition) is 4. The summed E-state index contributed by atoms with van der Waals surface area (Å²) in [5.41, 5.74) is -1.11. The summed E-state index contributed by atoms with van der Waals surface area (Å²) in [6, 6.07) is -0.340. The third kappa shape index (κ3) is 2.94. The molecular formula is C16H17F3N2O3S. The van der Waals surface area contributed by atoms with E-state index >= 15 is 0 Å². The zero-order valence-corrected chi connectivity index (χ0v) is 14.8. The van der Waals surface area contributed by atoms with Gasteiger partial charge in [0.1, 0.15) is 4.83 Å². The Morgan fingerprint density at radius 3 is 2.40 bits per heavy atom. The number of halogens is 3. The maximum absolute atomic E-state index is 12.8. The Morgan fingerprint density at radius 2 is 1.92 bits per heavy atom. The van der Waals surface area contributed by atoms with E-state index in [9.17, 15) is 27.6 Å². The van der Waals surface area contributed by atoms with Crippen LogP contribution in [0.5, 0.6) is 0 Å². The van der Waals surface area contributed by atoms with Crippen LogP contribution in [-0.2, 0) is 6.54 Å². The van der Waals surface area contributed by atoms with Gasteiger partial charge >= 0.3 is 11.9 Å². The van der Waals surface area contributed by atoms with E-state index < -0.39 is 30.4 Å². The Labute approximate surface area is 144 Å². The van der Waals surface area contributed by atoms with Gasteiger partial charge in [-0.2, -0.15) is 13.2 Å². The van der Waals surface area contributed by atoms with Gasteiger partial charge in [0.2, 0.25) is 0 Å². The molecule has 5 nitrogen and oxygen atoms in total. The topological polar surface area (TPSA) is 61.1 Å². The van der Waals surface area contributed by atoms with Crippen molar-refractivity contribution in [3.05, 3.63) is 31.3 Å². The highest BCUT2D eigenvalue weighted by molar-refractivity contribution is 7.20. The zero-order valence-electron chi connectivity index (χ0n) is 13.9. The fourth-order valence-corrected chi connectivity index (χ4v) is 4.22. The van der Waals surface area contributed by atoms with Gasteiger partial charge in [0.15, 0.2) is 6.29 Å². The smallest absolute Gasteiger partial charge is 0.297 e.